The van der Waals surface area contributed by atoms with Crippen molar-refractivity contribution >= 4 is 55.2 Å². The maximum absolute atomic E-state index is 5.17. The Hall–Kier alpha value is -6.95. The van der Waals surface area contributed by atoms with Crippen LogP contribution in [0.25, 0.3) is 55.2 Å². The number of hydrogen-bond donors (Lipinski definition) is 5. The summed E-state index contributed by atoms with van der Waals surface area (Å²) in [4.78, 5) is 40.0. The summed E-state index contributed by atoms with van der Waals surface area (Å²) < 4.78 is 13.3. The Morgan fingerprint density at radius 3 is 0.863 bits per heavy atom. The van der Waals surface area contributed by atoms with E-state index in [0.29, 0.717) is 59.9 Å². The number of likely N-dealkylation sites (tertiary alicyclic amines) is 2. The molecule has 4 saturated carbocycles. The largest absolute Gasteiger partial charge is 0.324 e. The minimum Gasteiger partial charge on any atom is -0.324 e. The molecule has 5 aromatic heterocycles. The Labute approximate surface area is 877 Å². The van der Waals surface area contributed by atoms with Crippen LogP contribution in [0.5, 0.6) is 0 Å². The molecule has 10 aromatic rings. The number of nitrogens with one attached hydrogen (secondary N) is 5. The van der Waals surface area contributed by atoms with Crippen molar-refractivity contribution in [3.63, 3.8) is 0 Å². The number of piperidine rings is 5. The lowest BCUT2D eigenvalue weighted by atomic mass is 9.90. The topological polar surface area (TPSA) is 165 Å². The van der Waals surface area contributed by atoms with E-state index in [0.717, 1.165) is 125 Å². The van der Waals surface area contributed by atoms with Gasteiger partial charge in [0.2, 0.25) is 0 Å². The molecular weight excluding hydrogens is 1790 g/mol. The number of nitrogens with zero attached hydrogens (tertiary/aromatic N) is 15. The first kappa shape index (κ1) is 102. The van der Waals surface area contributed by atoms with Crippen LogP contribution in [0.15, 0.2) is 121 Å². The zero-order valence-corrected chi connectivity index (χ0v) is 90.5. The molecule has 6 bridgehead atoms. The van der Waals surface area contributed by atoms with E-state index in [-0.39, 0.29) is 0 Å². The molecule has 5 N–H and O–H groups in total. The Morgan fingerprint density at radius 2 is 0.562 bits per heavy atom. The van der Waals surface area contributed by atoms with E-state index in [1.54, 1.807) is 0 Å². The van der Waals surface area contributed by atoms with Crippen molar-refractivity contribution in [2.24, 2.45) is 29.6 Å². The van der Waals surface area contributed by atoms with Crippen LogP contribution >= 0.6 is 0 Å². The lowest BCUT2D eigenvalue weighted by Gasteiger charge is -2.42. The second-order valence-electron chi connectivity index (χ2n) is 50.1. The third kappa shape index (κ3) is 23.6. The molecule has 17 fully saturated rings. The lowest BCUT2D eigenvalue weighted by molar-refractivity contribution is 0.0852. The molecule has 146 heavy (non-hydrogen) atoms. The van der Waals surface area contributed by atoms with Gasteiger partial charge < -0.3 is 59.2 Å². The second-order valence-corrected chi connectivity index (χ2v) is 50.1. The molecule has 17 aliphatic rings. The van der Waals surface area contributed by atoms with Gasteiger partial charge in [0.15, 0.2) is 0 Å². The van der Waals surface area contributed by atoms with Gasteiger partial charge >= 0.3 is 0 Å². The molecular formula is C126H188N20. The van der Waals surface area contributed by atoms with Gasteiger partial charge in [0, 0.05) is 182 Å². The number of hydrogen-bond acceptors (Lipinski definition) is 15. The highest BCUT2D eigenvalue weighted by Gasteiger charge is 2.48. The second kappa shape index (κ2) is 49.4. The molecule has 5 aromatic carbocycles. The van der Waals surface area contributed by atoms with Crippen LogP contribution in [0.3, 0.4) is 0 Å². The van der Waals surface area contributed by atoms with Crippen LogP contribution < -0.4 is 26.6 Å². The normalized spacial score (nSPS) is 29.6. The fraction of sp³-hybridized carbons (Fsp3) is 0.722. The Kier molecular flexibility index (Phi) is 34.6. The van der Waals surface area contributed by atoms with E-state index in [2.05, 4.69) is 209 Å². The summed E-state index contributed by atoms with van der Waals surface area (Å²) in [6, 6.07) is 52.5. The summed E-state index contributed by atoms with van der Waals surface area (Å²) >= 11 is 0. The molecule has 13 aliphatic heterocycles. The molecule has 13 saturated heterocycles. The van der Waals surface area contributed by atoms with Crippen LogP contribution in [0.1, 0.15) is 424 Å². The van der Waals surface area contributed by atoms with Gasteiger partial charge in [-0.25, -0.2) is 24.9 Å². The number of rotatable bonds is 24. The van der Waals surface area contributed by atoms with E-state index in [4.69, 9.17) is 24.9 Å². The summed E-state index contributed by atoms with van der Waals surface area (Å²) in [5.74, 6) is 13.7. The first-order valence-electron chi connectivity index (χ1n) is 61.9. The number of para-hydroxylation sites is 10. The van der Waals surface area contributed by atoms with Gasteiger partial charge in [-0.1, -0.05) is 203 Å². The van der Waals surface area contributed by atoms with Crippen molar-refractivity contribution in [3.05, 3.63) is 150 Å². The minimum atomic E-state index is 0.440. The van der Waals surface area contributed by atoms with Gasteiger partial charge in [-0.2, -0.15) is 0 Å². The third-order valence-corrected chi connectivity index (χ3v) is 40.6. The molecule has 20 heteroatoms. The number of unbranched alkanes of at least 4 members (excludes halogenated alkanes) is 1. The van der Waals surface area contributed by atoms with Crippen molar-refractivity contribution in [2.45, 2.75) is 431 Å². The van der Waals surface area contributed by atoms with Crippen molar-refractivity contribution in [3.8, 4) is 0 Å². The van der Waals surface area contributed by atoms with Gasteiger partial charge in [0.25, 0.3) is 0 Å². The summed E-state index contributed by atoms with van der Waals surface area (Å²) in [5, 5.41) is 17.8. The quantitative estimate of drug-likeness (QED) is 0.0363. The van der Waals surface area contributed by atoms with Gasteiger partial charge in [-0.05, 0) is 309 Å². The van der Waals surface area contributed by atoms with Crippen molar-refractivity contribution in [1.29, 1.82) is 0 Å². The van der Waals surface area contributed by atoms with E-state index >= 15 is 0 Å². The molecule has 0 spiro atoms. The third-order valence-electron chi connectivity index (χ3n) is 40.6. The summed E-state index contributed by atoms with van der Waals surface area (Å²) in [6.07, 6.45) is 69.9. The van der Waals surface area contributed by atoms with Crippen LogP contribution in [0.4, 0.5) is 0 Å². The lowest BCUT2D eigenvalue weighted by Crippen LogP contribution is -2.46. The zero-order chi connectivity index (χ0) is 97.9. The van der Waals surface area contributed by atoms with E-state index in [1.807, 2.05) is 0 Å². The molecule has 7 unspecified atom stereocenters. The van der Waals surface area contributed by atoms with Gasteiger partial charge in [0.1, 0.15) is 29.1 Å². The molecule has 27 rings (SSSR count). The van der Waals surface area contributed by atoms with Crippen LogP contribution in [-0.2, 0) is 0 Å². The van der Waals surface area contributed by atoms with Crippen LogP contribution in [0, 0.1) is 29.6 Å². The number of benzene rings is 5. The molecule has 792 valence electrons. The predicted octanol–water partition coefficient (Wildman–Crippen LogP) is 25.8. The summed E-state index contributed by atoms with van der Waals surface area (Å²) in [5.41, 5.74) is 12.8. The highest BCUT2D eigenvalue weighted by molar-refractivity contribution is 5.80. The zero-order valence-electron chi connectivity index (χ0n) is 90.5. The molecule has 20 nitrogen and oxygen atoms in total. The first-order valence-corrected chi connectivity index (χ1v) is 61.9. The molecule has 4 aliphatic carbocycles. The van der Waals surface area contributed by atoms with Crippen molar-refractivity contribution in [1.82, 2.24) is 98.8 Å². The van der Waals surface area contributed by atoms with Crippen molar-refractivity contribution < 1.29 is 0 Å². The van der Waals surface area contributed by atoms with E-state index in [9.17, 15) is 0 Å². The van der Waals surface area contributed by atoms with Crippen LogP contribution in [0.2, 0.25) is 0 Å². The SMILES string of the molecule is CCCCC(CC)CN1CCC(n2c([C@@H]3CCNC3)nc3ccccc32)CC1.c1ccc2c(c1)nc(C1CNC1)n2C1CC2CCC(C1)N2CC1CCCCCC1.c1ccc2c(c1)nc([C@@H]1CCCN1)n2C1CCN(CC2CCCCCCC2)CC1.c1ccc2c(c1)nc([C@@H]1CCNC1)n2C1CC2CCC(C1)N2CC1CCCCCC1.c1ccc2c(c1)nc([C@H]1CCNC1)n2C1CC2CCC(C1)N2CC1CCCCCC1. The maximum Gasteiger partial charge on any atom is 0.127 e. The van der Waals surface area contributed by atoms with E-state index in [1.165, 1.54) is 464 Å². The monoisotopic (exact) mass is 1980 g/mol. The maximum atomic E-state index is 5.17. The Morgan fingerprint density at radius 1 is 0.267 bits per heavy atom. The van der Waals surface area contributed by atoms with Gasteiger partial charge in [-0.15, -0.1) is 0 Å². The molecule has 18 heterocycles. The number of aromatic nitrogens is 10. The highest BCUT2D eigenvalue weighted by Crippen LogP contribution is 2.51. The minimum absolute atomic E-state index is 0.440. The average molecular weight is 1980 g/mol. The van der Waals surface area contributed by atoms with E-state index < -0.39 is 0 Å². The Balaban J connectivity index is 0.000000101. The van der Waals surface area contributed by atoms with Crippen molar-refractivity contribution in [2.75, 3.05) is 118 Å². The fourth-order valence-electron chi connectivity index (χ4n) is 32.5. The standard InChI is InChI=1S/2C26H38N4.C25H36N4.C25H38N4.C24H38N4/c2*1-2-4-8-19(7-3-1)18-29-21-11-12-22(29)16-23(15-21)30-25-10-6-5-9-24(25)28-26(30)20-13-14-27-17-20;1-2-4-8-18(7-3-1)17-28-20-11-12-21(28)14-22(13-20)29-24-10-6-5-9-23(24)27-25(29)19-15-26-16-19;1-2-4-9-20(10-5-3-1)19-28-17-14-21(15-18-28)29-24-13-7-6-11-22(24)27-25(29)23-12-8-16-26-23;1-3-5-8-19(4-2)18-27-15-12-21(13-16-27)28-23-10-7-6-9-22(23)26-24(28)20-11-14-25-17-20/h2*5-6,9-10,19-23,27H,1-4,7-8,11-18H2;5-6,9-10,18-22,26H,1-4,7-8,11-17H2;6-7,11,13,20-21,23,26H,1-5,8-10,12,14-19H2;6-7,9-10,19-21,25H,3-5,8,11-18H2,1-2H3/t2*20-,21?,22?,23?;;23-;19?,20-/m10.01/s1. The smallest absolute Gasteiger partial charge is 0.127 e. The summed E-state index contributed by atoms with van der Waals surface area (Å²) in [6.45, 7) is 26.4. The average Bonchev–Trinajstić information content (AvgIpc) is 1.57. The first-order chi connectivity index (χ1) is 72.3. The summed E-state index contributed by atoms with van der Waals surface area (Å²) in [7, 11) is 0. The highest BCUT2D eigenvalue weighted by atomic mass is 15.3. The molecule has 0 radical (unpaired) electrons. The number of fused-ring (bicyclic) bond motifs is 11. The fourth-order valence-corrected chi connectivity index (χ4v) is 32.5. The Bertz CT molecular complexity index is 5500. The van der Waals surface area contributed by atoms with Gasteiger partial charge in [0.05, 0.1) is 61.2 Å². The predicted molar refractivity (Wildman–Crippen MR) is 602 cm³/mol. The molecule has 0 amide bonds. The van der Waals surface area contributed by atoms with Gasteiger partial charge in [-0.3, -0.25) is 14.7 Å². The number of imidazole rings is 5. The molecule has 11 atom stereocenters. The van der Waals surface area contributed by atoms with Crippen LogP contribution in [-0.4, -0.2) is 226 Å².